The zero-order valence-electron chi connectivity index (χ0n) is 23.7. The molecule has 1 aliphatic heterocycles. The van der Waals surface area contributed by atoms with Gasteiger partial charge in [-0.3, -0.25) is 9.47 Å². The van der Waals surface area contributed by atoms with Gasteiger partial charge in [0, 0.05) is 44.9 Å². The van der Waals surface area contributed by atoms with E-state index >= 15 is 0 Å². The van der Waals surface area contributed by atoms with E-state index in [1.54, 1.807) is 31.4 Å². The summed E-state index contributed by atoms with van der Waals surface area (Å²) in [6.07, 6.45) is 1.78. The minimum absolute atomic E-state index is 0.319. The zero-order chi connectivity index (χ0) is 28.1. The van der Waals surface area contributed by atoms with Crippen molar-refractivity contribution < 1.29 is 18.3 Å². The lowest BCUT2D eigenvalue weighted by molar-refractivity contribution is 0.0535. The van der Waals surface area contributed by atoms with Gasteiger partial charge in [-0.05, 0) is 57.2 Å². The van der Waals surface area contributed by atoms with E-state index in [2.05, 4.69) is 33.9 Å². The lowest BCUT2D eigenvalue weighted by atomic mass is 9.85. The molecule has 3 heterocycles. The van der Waals surface area contributed by atoms with Crippen molar-refractivity contribution in [1.82, 2.24) is 24.4 Å². The normalized spacial score (nSPS) is 20.9. The number of nitrogens with zero attached hydrogens (tertiary/aromatic N) is 6. The summed E-state index contributed by atoms with van der Waals surface area (Å²) in [6.45, 7) is 9.52. The van der Waals surface area contributed by atoms with Crippen molar-refractivity contribution in [3.8, 4) is 5.82 Å². The summed E-state index contributed by atoms with van der Waals surface area (Å²) in [5.74, 6) is 1.71. The Hall–Kier alpha value is -2.89. The SMILES string of the molecule is CCN(C(C)COC)C1CCC(CNc2nc(N3CCOCC3)cc(-n3c(C(F)F)nc4ccccc43)n2)CC1. The first-order valence-electron chi connectivity index (χ1n) is 14.4. The van der Waals surface area contributed by atoms with Gasteiger partial charge in [0.05, 0.1) is 30.9 Å². The molecule has 1 atom stereocenters. The molecule has 40 heavy (non-hydrogen) atoms. The number of hydrogen-bond acceptors (Lipinski definition) is 8. The molecule has 5 rings (SSSR count). The number of likely N-dealkylation sites (N-methyl/N-ethyl adjacent to an activating group) is 1. The molecule has 0 amide bonds. The van der Waals surface area contributed by atoms with Crippen LogP contribution in [0.2, 0.25) is 0 Å². The average Bonchev–Trinajstić information content (AvgIpc) is 3.38. The van der Waals surface area contributed by atoms with E-state index in [1.165, 1.54) is 4.57 Å². The van der Waals surface area contributed by atoms with Gasteiger partial charge in [-0.25, -0.2) is 13.8 Å². The fourth-order valence-corrected chi connectivity index (χ4v) is 6.18. The first kappa shape index (κ1) is 28.6. The van der Waals surface area contributed by atoms with Gasteiger partial charge in [-0.2, -0.15) is 9.97 Å². The maximum absolute atomic E-state index is 14.1. The molecule has 0 spiro atoms. The van der Waals surface area contributed by atoms with E-state index in [4.69, 9.17) is 19.4 Å². The van der Waals surface area contributed by atoms with E-state index in [1.807, 2.05) is 6.07 Å². The Balaban J connectivity index is 1.36. The molecular formula is C29H41F2N7O2. The summed E-state index contributed by atoms with van der Waals surface area (Å²) in [5, 5.41) is 3.46. The fraction of sp³-hybridized carbons (Fsp3) is 0.621. The van der Waals surface area contributed by atoms with Gasteiger partial charge in [-0.1, -0.05) is 19.1 Å². The topological polar surface area (TPSA) is 80.6 Å². The molecule has 0 radical (unpaired) electrons. The zero-order valence-corrected chi connectivity index (χ0v) is 23.7. The maximum Gasteiger partial charge on any atom is 0.296 e. The van der Waals surface area contributed by atoms with Crippen LogP contribution in [0.5, 0.6) is 0 Å². The van der Waals surface area contributed by atoms with E-state index in [-0.39, 0.29) is 5.82 Å². The van der Waals surface area contributed by atoms with Gasteiger partial charge < -0.3 is 19.7 Å². The van der Waals surface area contributed by atoms with Gasteiger partial charge in [0.25, 0.3) is 6.43 Å². The number of rotatable bonds is 11. The Morgan fingerprint density at radius 1 is 1.07 bits per heavy atom. The number of anilines is 2. The average molecular weight is 558 g/mol. The lowest BCUT2D eigenvalue weighted by Gasteiger charge is -2.39. The smallest absolute Gasteiger partial charge is 0.296 e. The molecule has 2 aromatic heterocycles. The molecule has 1 saturated carbocycles. The lowest BCUT2D eigenvalue weighted by Crippen LogP contribution is -2.45. The number of nitrogens with one attached hydrogen (secondary N) is 1. The van der Waals surface area contributed by atoms with Crippen molar-refractivity contribution >= 4 is 22.8 Å². The Bertz CT molecular complexity index is 1240. The van der Waals surface area contributed by atoms with Crippen molar-refractivity contribution in [2.24, 2.45) is 5.92 Å². The number of alkyl halides is 2. The van der Waals surface area contributed by atoms with Gasteiger partial charge in [-0.15, -0.1) is 0 Å². The van der Waals surface area contributed by atoms with Gasteiger partial charge in [0.1, 0.15) is 11.6 Å². The molecule has 1 aromatic carbocycles. The Morgan fingerprint density at radius 3 is 2.50 bits per heavy atom. The quantitative estimate of drug-likeness (QED) is 0.356. The number of methoxy groups -OCH3 is 1. The maximum atomic E-state index is 14.1. The van der Waals surface area contributed by atoms with Crippen LogP contribution in [-0.4, -0.2) is 89.6 Å². The van der Waals surface area contributed by atoms with Crippen molar-refractivity contribution in [3.05, 3.63) is 36.2 Å². The second-order valence-electron chi connectivity index (χ2n) is 10.8. The number of aromatic nitrogens is 4. The molecule has 11 heteroatoms. The third kappa shape index (κ3) is 6.37. The van der Waals surface area contributed by atoms with Crippen LogP contribution in [0.1, 0.15) is 51.8 Å². The summed E-state index contributed by atoms with van der Waals surface area (Å²) < 4.78 is 40.6. The molecule has 0 bridgehead atoms. The summed E-state index contributed by atoms with van der Waals surface area (Å²) in [4.78, 5) is 18.4. The molecular weight excluding hydrogens is 516 g/mol. The predicted octanol–water partition coefficient (Wildman–Crippen LogP) is 4.92. The van der Waals surface area contributed by atoms with Crippen molar-refractivity contribution in [1.29, 1.82) is 0 Å². The number of halogens is 2. The van der Waals surface area contributed by atoms with Crippen LogP contribution in [-0.2, 0) is 9.47 Å². The van der Waals surface area contributed by atoms with Gasteiger partial charge in [0.15, 0.2) is 5.82 Å². The molecule has 9 nitrogen and oxygen atoms in total. The van der Waals surface area contributed by atoms with Gasteiger partial charge in [0.2, 0.25) is 5.95 Å². The van der Waals surface area contributed by atoms with Crippen LogP contribution in [0.25, 0.3) is 16.9 Å². The number of fused-ring (bicyclic) bond motifs is 1. The van der Waals surface area contributed by atoms with Gasteiger partial charge >= 0.3 is 0 Å². The second-order valence-corrected chi connectivity index (χ2v) is 10.8. The highest BCUT2D eigenvalue weighted by molar-refractivity contribution is 5.78. The standard InChI is InChI=1S/C29H41F2N7O2/c1-4-37(20(2)19-39-3)22-11-9-21(10-12-22)18-32-29-34-25(36-13-15-40-16-14-36)17-26(35-29)38-24-8-6-5-7-23(24)33-28(38)27(30)31/h5-8,17,20-22,27H,4,9-16,18-19H2,1-3H3,(H,32,34,35). The molecule has 1 unspecified atom stereocenters. The van der Waals surface area contributed by atoms with Crippen LogP contribution < -0.4 is 10.2 Å². The summed E-state index contributed by atoms with van der Waals surface area (Å²) in [5.41, 5.74) is 1.11. The van der Waals surface area contributed by atoms with Crippen LogP contribution >= 0.6 is 0 Å². The first-order valence-corrected chi connectivity index (χ1v) is 14.4. The highest BCUT2D eigenvalue weighted by atomic mass is 19.3. The molecule has 1 N–H and O–H groups in total. The van der Waals surface area contributed by atoms with E-state index in [0.717, 1.165) is 45.4 Å². The van der Waals surface area contributed by atoms with Crippen molar-refractivity contribution in [2.45, 2.75) is 58.0 Å². The Kier molecular flexibility index (Phi) is 9.44. The van der Waals surface area contributed by atoms with Crippen LogP contribution in [0, 0.1) is 5.92 Å². The first-order chi connectivity index (χ1) is 19.5. The third-order valence-corrected chi connectivity index (χ3v) is 8.22. The highest BCUT2D eigenvalue weighted by Crippen LogP contribution is 2.31. The molecule has 1 aliphatic carbocycles. The molecule has 1 saturated heterocycles. The number of para-hydroxylation sites is 2. The molecule has 3 aromatic rings. The number of imidazole rings is 1. The summed E-state index contributed by atoms with van der Waals surface area (Å²) >= 11 is 0. The molecule has 2 fully saturated rings. The predicted molar refractivity (Wildman–Crippen MR) is 153 cm³/mol. The van der Waals surface area contributed by atoms with E-state index in [9.17, 15) is 8.78 Å². The Labute approximate surface area is 234 Å². The fourth-order valence-electron chi connectivity index (χ4n) is 6.18. The minimum Gasteiger partial charge on any atom is -0.383 e. The number of ether oxygens (including phenoxy) is 2. The highest BCUT2D eigenvalue weighted by Gasteiger charge is 2.28. The summed E-state index contributed by atoms with van der Waals surface area (Å²) in [7, 11) is 1.76. The number of morpholine rings is 1. The van der Waals surface area contributed by atoms with Crippen molar-refractivity contribution in [3.63, 3.8) is 0 Å². The van der Waals surface area contributed by atoms with Crippen LogP contribution in [0.3, 0.4) is 0 Å². The third-order valence-electron chi connectivity index (χ3n) is 8.22. The monoisotopic (exact) mass is 557 g/mol. The Morgan fingerprint density at radius 2 is 1.80 bits per heavy atom. The number of hydrogen-bond donors (Lipinski definition) is 1. The van der Waals surface area contributed by atoms with E-state index in [0.29, 0.717) is 72.9 Å². The molecule has 218 valence electrons. The largest absolute Gasteiger partial charge is 0.383 e. The summed E-state index contributed by atoms with van der Waals surface area (Å²) in [6, 6.07) is 9.92. The van der Waals surface area contributed by atoms with Crippen LogP contribution in [0.4, 0.5) is 20.5 Å². The van der Waals surface area contributed by atoms with Crippen LogP contribution in [0.15, 0.2) is 30.3 Å². The molecule has 2 aliphatic rings. The minimum atomic E-state index is -2.74. The van der Waals surface area contributed by atoms with E-state index < -0.39 is 6.43 Å². The van der Waals surface area contributed by atoms with Crippen molar-refractivity contribution in [2.75, 3.05) is 63.3 Å². The number of benzene rings is 1. The second kappa shape index (κ2) is 13.2.